The molecule has 8 nitrogen and oxygen atoms in total. The molecule has 0 bridgehead atoms. The lowest BCUT2D eigenvalue weighted by atomic mass is 10.1. The lowest BCUT2D eigenvalue weighted by molar-refractivity contribution is -0.138. The largest absolute Gasteiger partial charge is 0.496 e. The third kappa shape index (κ3) is 6.09. The maximum absolute atomic E-state index is 13.9. The fourth-order valence-corrected chi connectivity index (χ4v) is 8.20. The minimum Gasteiger partial charge on any atom is -0.496 e. The molecule has 0 aliphatic carbocycles. The molecule has 1 aromatic carbocycles. The molecule has 1 aliphatic heterocycles. The van der Waals surface area contributed by atoms with Gasteiger partial charge in [-0.1, -0.05) is 19.9 Å². The molecule has 3 heterocycles. The third-order valence-corrected chi connectivity index (χ3v) is 10.3. The van der Waals surface area contributed by atoms with Gasteiger partial charge < -0.3 is 18.9 Å². The average Bonchev–Trinajstić information content (AvgIpc) is 3.59. The lowest BCUT2D eigenvalue weighted by Crippen LogP contribution is -2.44. The summed E-state index contributed by atoms with van der Waals surface area (Å²) >= 11 is 1.63. The molecule has 0 fully saturated rings. The molecular formula is C29H39N3O5S2. The van der Waals surface area contributed by atoms with Crippen molar-refractivity contribution >= 4 is 27.3 Å². The summed E-state index contributed by atoms with van der Waals surface area (Å²) in [5.41, 5.74) is 3.23. The van der Waals surface area contributed by atoms with Crippen LogP contribution in [0.2, 0.25) is 0 Å². The lowest BCUT2D eigenvalue weighted by Gasteiger charge is -2.36. The first kappa shape index (κ1) is 29.3. The standard InChI is InChI=1S/C29H39N3O5S2/c1-20(2)18-31(39(34,35)29-21(3)17-25(36-6)22(4)23(29)5)14-15-37-19-27(33)32-13-12-30-11-7-9-24(30)28(32)26-10-8-16-38-26/h7-11,16-17,20,28H,12-15,18-19H2,1-6H3. The van der Waals surface area contributed by atoms with Crippen LogP contribution in [0.5, 0.6) is 5.75 Å². The van der Waals surface area contributed by atoms with Crippen LogP contribution in [0, 0.1) is 26.7 Å². The number of benzene rings is 1. The van der Waals surface area contributed by atoms with E-state index < -0.39 is 10.0 Å². The number of hydrogen-bond acceptors (Lipinski definition) is 6. The van der Waals surface area contributed by atoms with Crippen LogP contribution in [-0.2, 0) is 26.1 Å². The van der Waals surface area contributed by atoms with Crippen LogP contribution in [0.4, 0.5) is 0 Å². The highest BCUT2D eigenvalue weighted by Crippen LogP contribution is 2.35. The molecule has 1 amide bonds. The minimum atomic E-state index is -3.79. The van der Waals surface area contributed by atoms with E-state index in [9.17, 15) is 13.2 Å². The van der Waals surface area contributed by atoms with Crippen LogP contribution < -0.4 is 4.74 Å². The third-order valence-electron chi connectivity index (χ3n) is 7.25. The zero-order chi connectivity index (χ0) is 28.3. The van der Waals surface area contributed by atoms with E-state index in [2.05, 4.69) is 16.7 Å². The summed E-state index contributed by atoms with van der Waals surface area (Å²) in [5.74, 6) is 0.695. The number of aryl methyl sites for hydroxylation is 1. The van der Waals surface area contributed by atoms with Crippen molar-refractivity contribution in [3.8, 4) is 5.75 Å². The first-order valence-corrected chi connectivity index (χ1v) is 15.6. The molecule has 2 aromatic heterocycles. The Labute approximate surface area is 236 Å². The Morgan fingerprint density at radius 1 is 1.15 bits per heavy atom. The van der Waals surface area contributed by atoms with Crippen LogP contribution in [-0.4, -0.2) is 68.1 Å². The quantitative estimate of drug-likeness (QED) is 0.309. The summed E-state index contributed by atoms with van der Waals surface area (Å²) in [6.45, 7) is 11.3. The van der Waals surface area contributed by atoms with Crippen LogP contribution in [0.3, 0.4) is 0 Å². The van der Waals surface area contributed by atoms with Gasteiger partial charge in [-0.05, 0) is 73.0 Å². The predicted molar refractivity (Wildman–Crippen MR) is 154 cm³/mol. The van der Waals surface area contributed by atoms with E-state index in [1.165, 1.54) is 4.31 Å². The zero-order valence-corrected chi connectivity index (χ0v) is 25.3. The Hall–Kier alpha value is -2.66. The molecule has 0 radical (unpaired) electrons. The van der Waals surface area contributed by atoms with E-state index >= 15 is 0 Å². The van der Waals surface area contributed by atoms with E-state index in [0.717, 1.165) is 22.7 Å². The molecule has 1 unspecified atom stereocenters. The summed E-state index contributed by atoms with van der Waals surface area (Å²) in [4.78, 5) is 16.6. The monoisotopic (exact) mass is 573 g/mol. The van der Waals surface area contributed by atoms with Gasteiger partial charge in [0, 0.05) is 42.9 Å². The van der Waals surface area contributed by atoms with Gasteiger partial charge in [0.2, 0.25) is 15.9 Å². The van der Waals surface area contributed by atoms with Crippen molar-refractivity contribution < 1.29 is 22.7 Å². The van der Waals surface area contributed by atoms with Gasteiger partial charge in [-0.2, -0.15) is 4.31 Å². The number of rotatable bonds is 11. The second kappa shape index (κ2) is 12.2. The summed E-state index contributed by atoms with van der Waals surface area (Å²) in [7, 11) is -2.20. The number of ether oxygens (including phenoxy) is 2. The van der Waals surface area contributed by atoms with Gasteiger partial charge in [0.05, 0.1) is 18.6 Å². The number of fused-ring (bicyclic) bond motifs is 1. The molecule has 0 saturated heterocycles. The van der Waals surface area contributed by atoms with Gasteiger partial charge >= 0.3 is 0 Å². The summed E-state index contributed by atoms with van der Waals surface area (Å²) in [6.07, 6.45) is 2.05. The summed E-state index contributed by atoms with van der Waals surface area (Å²) in [6, 6.07) is 9.75. The second-order valence-corrected chi connectivity index (χ2v) is 13.3. The maximum atomic E-state index is 13.9. The number of carbonyl (C=O) groups is 1. The Kier molecular flexibility index (Phi) is 9.21. The van der Waals surface area contributed by atoms with E-state index in [0.29, 0.717) is 34.9 Å². The number of carbonyl (C=O) groups excluding carboxylic acids is 1. The summed E-state index contributed by atoms with van der Waals surface area (Å²) in [5, 5.41) is 2.02. The highest BCUT2D eigenvalue weighted by molar-refractivity contribution is 7.89. The van der Waals surface area contributed by atoms with Crippen molar-refractivity contribution in [2.24, 2.45) is 5.92 Å². The molecule has 0 saturated carbocycles. The van der Waals surface area contributed by atoms with Crippen LogP contribution in [0.25, 0.3) is 0 Å². The van der Waals surface area contributed by atoms with Crippen molar-refractivity contribution in [3.05, 3.63) is 69.2 Å². The summed E-state index contributed by atoms with van der Waals surface area (Å²) < 4.78 is 42.6. The van der Waals surface area contributed by atoms with Gasteiger partial charge in [-0.15, -0.1) is 11.3 Å². The van der Waals surface area contributed by atoms with Crippen molar-refractivity contribution in [2.75, 3.05) is 40.0 Å². The Morgan fingerprint density at radius 2 is 1.92 bits per heavy atom. The molecule has 1 aliphatic rings. The van der Waals surface area contributed by atoms with E-state index in [1.807, 2.05) is 56.3 Å². The number of aromatic nitrogens is 1. The fraction of sp³-hybridized carbons (Fsp3) is 0.483. The molecule has 0 N–H and O–H groups in total. The second-order valence-electron chi connectivity index (χ2n) is 10.4. The minimum absolute atomic E-state index is 0.0994. The van der Waals surface area contributed by atoms with Crippen LogP contribution in [0.15, 0.2) is 46.8 Å². The smallest absolute Gasteiger partial charge is 0.249 e. The number of thiophene rings is 1. The first-order valence-electron chi connectivity index (χ1n) is 13.3. The van der Waals surface area contributed by atoms with Crippen molar-refractivity contribution in [1.29, 1.82) is 0 Å². The fourth-order valence-electron chi connectivity index (χ4n) is 5.28. The van der Waals surface area contributed by atoms with Gasteiger partial charge in [-0.3, -0.25) is 4.79 Å². The zero-order valence-electron chi connectivity index (χ0n) is 23.6. The molecule has 1 atom stereocenters. The van der Waals surface area contributed by atoms with E-state index in [4.69, 9.17) is 9.47 Å². The number of nitrogens with zero attached hydrogens (tertiary/aromatic N) is 3. The number of methoxy groups -OCH3 is 1. The number of sulfonamides is 1. The molecule has 212 valence electrons. The van der Waals surface area contributed by atoms with Gasteiger partial charge in [0.15, 0.2) is 0 Å². The van der Waals surface area contributed by atoms with E-state index in [1.54, 1.807) is 31.4 Å². The average molecular weight is 574 g/mol. The van der Waals surface area contributed by atoms with Crippen LogP contribution in [0.1, 0.15) is 47.2 Å². The number of amides is 1. The molecule has 3 aromatic rings. The van der Waals surface area contributed by atoms with Gasteiger partial charge in [-0.25, -0.2) is 8.42 Å². The predicted octanol–water partition coefficient (Wildman–Crippen LogP) is 4.78. The van der Waals surface area contributed by atoms with Gasteiger partial charge in [0.1, 0.15) is 18.4 Å². The highest BCUT2D eigenvalue weighted by atomic mass is 32.2. The Morgan fingerprint density at radius 3 is 2.59 bits per heavy atom. The van der Waals surface area contributed by atoms with Crippen molar-refractivity contribution in [2.45, 2.75) is 52.1 Å². The van der Waals surface area contributed by atoms with Crippen molar-refractivity contribution in [3.63, 3.8) is 0 Å². The van der Waals surface area contributed by atoms with Crippen molar-refractivity contribution in [1.82, 2.24) is 13.8 Å². The Bertz CT molecular complexity index is 1400. The topological polar surface area (TPSA) is 81.1 Å². The normalized spacial score (nSPS) is 15.7. The molecule has 10 heteroatoms. The first-order chi connectivity index (χ1) is 18.6. The highest BCUT2D eigenvalue weighted by Gasteiger charge is 2.33. The maximum Gasteiger partial charge on any atom is 0.249 e. The van der Waals surface area contributed by atoms with Crippen LogP contribution >= 0.6 is 11.3 Å². The molecule has 4 rings (SSSR count). The molecule has 0 spiro atoms. The Balaban J connectivity index is 1.46. The van der Waals surface area contributed by atoms with E-state index in [-0.39, 0.29) is 37.6 Å². The van der Waals surface area contributed by atoms with Gasteiger partial charge in [0.25, 0.3) is 0 Å². The molecular weight excluding hydrogens is 534 g/mol. The number of hydrogen-bond donors (Lipinski definition) is 0. The SMILES string of the molecule is COc1cc(C)c(S(=O)(=O)N(CCOCC(=O)N2CCn3cccc3C2c2cccs2)CC(C)C)c(C)c1C. The molecule has 39 heavy (non-hydrogen) atoms.